The van der Waals surface area contributed by atoms with Crippen LogP contribution < -0.4 is 10.9 Å². The second-order valence-electron chi connectivity index (χ2n) is 6.77. The van der Waals surface area contributed by atoms with Gasteiger partial charge >= 0.3 is 0 Å². The highest BCUT2D eigenvalue weighted by molar-refractivity contribution is 9.10. The van der Waals surface area contributed by atoms with Gasteiger partial charge in [-0.25, -0.2) is 4.98 Å². The Morgan fingerprint density at radius 3 is 2.79 bits per heavy atom. The molecule has 0 atom stereocenters. The fraction of sp³-hybridized carbons (Fsp3) is 0.286. The van der Waals surface area contributed by atoms with Crippen LogP contribution in [0.5, 0.6) is 0 Å². The van der Waals surface area contributed by atoms with Crippen LogP contribution >= 0.6 is 15.9 Å². The normalized spacial score (nSPS) is 11.1. The number of aromatic nitrogens is 2. The Bertz CT molecular complexity index is 1050. The number of benzene rings is 2. The second-order valence-corrected chi connectivity index (χ2v) is 7.68. The largest absolute Gasteiger partial charge is 0.350 e. The molecule has 1 amide bonds. The van der Waals surface area contributed by atoms with Gasteiger partial charge in [-0.1, -0.05) is 47.1 Å². The summed E-state index contributed by atoms with van der Waals surface area (Å²) >= 11 is 3.36. The van der Waals surface area contributed by atoms with Gasteiger partial charge in [-0.2, -0.15) is 0 Å². The van der Waals surface area contributed by atoms with Crippen LogP contribution in [-0.2, 0) is 24.4 Å². The molecule has 0 spiro atoms. The number of amides is 1. The van der Waals surface area contributed by atoms with E-state index in [1.165, 1.54) is 16.5 Å². The van der Waals surface area contributed by atoms with Crippen molar-refractivity contribution in [2.45, 2.75) is 26.6 Å². The average molecular weight is 443 g/mol. The van der Waals surface area contributed by atoms with Gasteiger partial charge in [0.2, 0.25) is 5.91 Å². The molecule has 7 heteroatoms. The number of carbonyl (C=O) groups excluding carboxylic acids is 1. The maximum atomic E-state index is 12.6. The van der Waals surface area contributed by atoms with Gasteiger partial charge in [0, 0.05) is 17.6 Å². The number of hydrogen-bond donors (Lipinski definition) is 1. The molecular weight excluding hydrogens is 420 g/mol. The van der Waals surface area contributed by atoms with E-state index in [-0.39, 0.29) is 18.0 Å². The van der Waals surface area contributed by atoms with Crippen molar-refractivity contribution < 1.29 is 4.79 Å². The topological polar surface area (TPSA) is 67.2 Å². The number of nitrogens with zero attached hydrogens (tertiary/aromatic N) is 3. The minimum atomic E-state index is -0.231. The molecule has 1 heterocycles. The van der Waals surface area contributed by atoms with Crippen LogP contribution in [0.15, 0.2) is 58.1 Å². The van der Waals surface area contributed by atoms with Crippen molar-refractivity contribution in [1.82, 2.24) is 19.8 Å². The quantitative estimate of drug-likeness (QED) is 0.610. The number of hydrogen-bond acceptors (Lipinski definition) is 4. The summed E-state index contributed by atoms with van der Waals surface area (Å²) in [5, 5.41) is 3.36. The maximum Gasteiger partial charge on any atom is 0.261 e. The molecule has 0 aliphatic heterocycles. The molecule has 0 radical (unpaired) electrons. The van der Waals surface area contributed by atoms with E-state index in [1.807, 2.05) is 18.2 Å². The van der Waals surface area contributed by atoms with Gasteiger partial charge in [0.1, 0.15) is 6.54 Å². The number of carbonyl (C=O) groups is 1. The summed E-state index contributed by atoms with van der Waals surface area (Å²) in [5.74, 6) is -0.227. The van der Waals surface area contributed by atoms with Crippen LogP contribution in [-0.4, -0.2) is 34.0 Å². The third-order valence-electron chi connectivity index (χ3n) is 4.57. The Balaban J connectivity index is 1.65. The Morgan fingerprint density at radius 2 is 2.00 bits per heavy atom. The summed E-state index contributed by atoms with van der Waals surface area (Å²) in [4.78, 5) is 31.4. The lowest BCUT2D eigenvalue weighted by molar-refractivity contribution is -0.121. The lowest BCUT2D eigenvalue weighted by Gasteiger charge is -2.14. The molecule has 0 saturated carbocycles. The first-order valence-corrected chi connectivity index (χ1v) is 9.93. The zero-order valence-electron chi connectivity index (χ0n) is 16.0. The average Bonchev–Trinajstić information content (AvgIpc) is 2.69. The molecule has 0 fully saturated rings. The first-order chi connectivity index (χ1) is 13.5. The fourth-order valence-corrected chi connectivity index (χ4v) is 3.28. The van der Waals surface area contributed by atoms with Crippen molar-refractivity contribution >= 4 is 32.7 Å². The third kappa shape index (κ3) is 5.05. The van der Waals surface area contributed by atoms with Gasteiger partial charge in [-0.3, -0.25) is 14.2 Å². The summed E-state index contributed by atoms with van der Waals surface area (Å²) in [6, 6.07) is 13.5. The molecular formula is C21H23BrN4O2. The highest BCUT2D eigenvalue weighted by atomic mass is 79.9. The SMILES string of the molecule is CCN(C)Cc1cccc(CNC(=O)Cn2cnc3ccc(Br)cc3c2=O)c1. The zero-order chi connectivity index (χ0) is 20.1. The van der Waals surface area contributed by atoms with Crippen molar-refractivity contribution in [3.63, 3.8) is 0 Å². The number of rotatable bonds is 7. The highest BCUT2D eigenvalue weighted by Gasteiger charge is 2.09. The van der Waals surface area contributed by atoms with Gasteiger partial charge in [-0.15, -0.1) is 0 Å². The molecule has 146 valence electrons. The van der Waals surface area contributed by atoms with E-state index in [9.17, 15) is 9.59 Å². The third-order valence-corrected chi connectivity index (χ3v) is 5.07. The monoisotopic (exact) mass is 442 g/mol. The Labute approximate surface area is 172 Å². The molecule has 0 unspecified atom stereocenters. The van der Waals surface area contributed by atoms with Crippen LogP contribution in [0.2, 0.25) is 0 Å². The molecule has 2 aromatic carbocycles. The lowest BCUT2D eigenvalue weighted by atomic mass is 10.1. The van der Waals surface area contributed by atoms with E-state index < -0.39 is 0 Å². The summed E-state index contributed by atoms with van der Waals surface area (Å²) in [5.41, 5.74) is 2.62. The van der Waals surface area contributed by atoms with E-state index in [0.717, 1.165) is 23.1 Å². The smallest absolute Gasteiger partial charge is 0.261 e. The van der Waals surface area contributed by atoms with E-state index >= 15 is 0 Å². The Kier molecular flexibility index (Phi) is 6.59. The zero-order valence-corrected chi connectivity index (χ0v) is 17.6. The maximum absolute atomic E-state index is 12.6. The van der Waals surface area contributed by atoms with Gasteiger partial charge in [0.05, 0.1) is 17.2 Å². The molecule has 6 nitrogen and oxygen atoms in total. The molecule has 28 heavy (non-hydrogen) atoms. The molecule has 3 aromatic rings. The molecule has 0 bridgehead atoms. The van der Waals surface area contributed by atoms with Crippen LogP contribution in [0.3, 0.4) is 0 Å². The van der Waals surface area contributed by atoms with E-state index in [2.05, 4.69) is 57.2 Å². The van der Waals surface area contributed by atoms with Crippen molar-refractivity contribution in [3.8, 4) is 0 Å². The standard InChI is InChI=1S/C21H23BrN4O2/c1-3-25(2)12-16-6-4-5-15(9-16)11-23-20(27)13-26-14-24-19-8-7-17(22)10-18(19)21(26)28/h4-10,14H,3,11-13H2,1-2H3,(H,23,27). The minimum Gasteiger partial charge on any atom is -0.350 e. The van der Waals surface area contributed by atoms with Crippen molar-refractivity contribution in [2.24, 2.45) is 0 Å². The number of halogens is 1. The van der Waals surface area contributed by atoms with Gasteiger partial charge in [0.15, 0.2) is 0 Å². The molecule has 0 aliphatic carbocycles. The molecule has 0 aliphatic rings. The summed E-state index contributed by atoms with van der Waals surface area (Å²) < 4.78 is 2.13. The highest BCUT2D eigenvalue weighted by Crippen LogP contribution is 2.14. The summed E-state index contributed by atoms with van der Waals surface area (Å²) in [7, 11) is 2.07. The van der Waals surface area contributed by atoms with Gasteiger partial charge in [-0.05, 0) is 42.9 Å². The van der Waals surface area contributed by atoms with Crippen LogP contribution in [0.25, 0.3) is 10.9 Å². The predicted molar refractivity (Wildman–Crippen MR) is 114 cm³/mol. The van der Waals surface area contributed by atoms with Crippen LogP contribution in [0.4, 0.5) is 0 Å². The second kappa shape index (κ2) is 9.12. The lowest BCUT2D eigenvalue weighted by Crippen LogP contribution is -2.32. The number of nitrogens with one attached hydrogen (secondary N) is 1. The van der Waals surface area contributed by atoms with Crippen LogP contribution in [0.1, 0.15) is 18.1 Å². The van der Waals surface area contributed by atoms with Crippen molar-refractivity contribution in [1.29, 1.82) is 0 Å². The predicted octanol–water partition coefficient (Wildman–Crippen LogP) is 2.93. The van der Waals surface area contributed by atoms with Crippen molar-refractivity contribution in [3.05, 3.63) is 74.7 Å². The molecule has 3 rings (SSSR count). The van der Waals surface area contributed by atoms with Gasteiger partial charge in [0.25, 0.3) is 5.56 Å². The molecule has 1 N–H and O–H groups in total. The minimum absolute atomic E-state index is 0.0629. The van der Waals surface area contributed by atoms with Gasteiger partial charge < -0.3 is 10.2 Å². The Hall–Kier alpha value is -2.51. The Morgan fingerprint density at radius 1 is 1.21 bits per heavy atom. The van der Waals surface area contributed by atoms with Crippen molar-refractivity contribution in [2.75, 3.05) is 13.6 Å². The number of fused-ring (bicyclic) bond motifs is 1. The first kappa shape index (κ1) is 20.2. The van der Waals surface area contributed by atoms with Crippen LogP contribution in [0, 0.1) is 0 Å². The van der Waals surface area contributed by atoms with E-state index in [0.29, 0.717) is 17.4 Å². The molecule has 0 saturated heterocycles. The summed E-state index contributed by atoms with van der Waals surface area (Å²) in [6.07, 6.45) is 1.42. The van der Waals surface area contributed by atoms with E-state index in [4.69, 9.17) is 0 Å². The van der Waals surface area contributed by atoms with E-state index in [1.54, 1.807) is 12.1 Å². The summed E-state index contributed by atoms with van der Waals surface area (Å²) in [6.45, 7) is 4.32. The fourth-order valence-electron chi connectivity index (χ4n) is 2.92. The first-order valence-electron chi connectivity index (χ1n) is 9.14. The molecule has 1 aromatic heterocycles.